The molecule has 0 aromatic carbocycles. The second-order valence-corrected chi connectivity index (χ2v) is 5.24. The van der Waals surface area contributed by atoms with Gasteiger partial charge in [0.2, 0.25) is 0 Å². The topological polar surface area (TPSA) is 12.0 Å². The van der Waals surface area contributed by atoms with Crippen molar-refractivity contribution in [1.29, 1.82) is 0 Å². The van der Waals surface area contributed by atoms with Gasteiger partial charge in [0.05, 0.1) is 0 Å². The number of nitrogens with one attached hydrogen (secondary N) is 1. The van der Waals surface area contributed by atoms with Crippen LogP contribution >= 0.6 is 11.8 Å². The van der Waals surface area contributed by atoms with Crippen molar-refractivity contribution in [2.45, 2.75) is 32.2 Å². The van der Waals surface area contributed by atoms with E-state index >= 15 is 0 Å². The molecule has 2 heteroatoms. The van der Waals surface area contributed by atoms with Crippen molar-refractivity contribution in [2.75, 3.05) is 18.6 Å². The highest BCUT2D eigenvalue weighted by atomic mass is 32.2. The molecule has 1 N–H and O–H groups in total. The highest BCUT2D eigenvalue weighted by molar-refractivity contribution is 7.98. The van der Waals surface area contributed by atoms with Gasteiger partial charge >= 0.3 is 0 Å². The molecule has 1 rings (SSSR count). The minimum absolute atomic E-state index is 0.297. The van der Waals surface area contributed by atoms with Crippen LogP contribution in [-0.4, -0.2) is 24.6 Å². The van der Waals surface area contributed by atoms with Gasteiger partial charge in [-0.3, -0.25) is 0 Å². The van der Waals surface area contributed by atoms with Crippen molar-refractivity contribution in [2.24, 2.45) is 5.41 Å². The third-order valence-electron chi connectivity index (χ3n) is 2.74. The molecule has 1 aliphatic carbocycles. The Morgan fingerprint density at radius 1 is 1.62 bits per heavy atom. The molecule has 0 aliphatic heterocycles. The maximum Gasteiger partial charge on any atom is 0.00685 e. The number of thioether (sulfide) groups is 1. The summed E-state index contributed by atoms with van der Waals surface area (Å²) in [4.78, 5) is 0. The summed E-state index contributed by atoms with van der Waals surface area (Å²) in [6.45, 7) is 7.33. The van der Waals surface area contributed by atoms with Gasteiger partial charge < -0.3 is 5.32 Å². The summed E-state index contributed by atoms with van der Waals surface area (Å²) in [7, 11) is 0. The lowest BCUT2D eigenvalue weighted by molar-refractivity contribution is 0.382. The smallest absolute Gasteiger partial charge is 0.00685 e. The normalized spacial score (nSPS) is 21.1. The molecule has 1 nitrogen and oxygen atoms in total. The van der Waals surface area contributed by atoms with Crippen LogP contribution in [0.3, 0.4) is 0 Å². The van der Waals surface area contributed by atoms with Crippen LogP contribution < -0.4 is 5.32 Å². The molecular formula is C11H21NS. The molecule has 0 heterocycles. The van der Waals surface area contributed by atoms with Gasteiger partial charge in [-0.05, 0) is 36.7 Å². The molecule has 1 unspecified atom stereocenters. The first-order valence-corrected chi connectivity index (χ1v) is 6.45. The van der Waals surface area contributed by atoms with Crippen molar-refractivity contribution in [1.82, 2.24) is 5.32 Å². The quantitative estimate of drug-likeness (QED) is 0.633. The Kier molecular flexibility index (Phi) is 4.33. The van der Waals surface area contributed by atoms with Gasteiger partial charge in [0.25, 0.3) is 0 Å². The van der Waals surface area contributed by atoms with Crippen LogP contribution in [0.4, 0.5) is 0 Å². The van der Waals surface area contributed by atoms with E-state index in [1.54, 1.807) is 0 Å². The average molecular weight is 199 g/mol. The molecule has 0 amide bonds. The Labute approximate surface area is 86.4 Å². The molecule has 76 valence electrons. The van der Waals surface area contributed by atoms with Crippen LogP contribution in [0.5, 0.6) is 0 Å². The molecule has 1 saturated carbocycles. The van der Waals surface area contributed by atoms with Crippen molar-refractivity contribution in [3.8, 4) is 0 Å². The fourth-order valence-electron chi connectivity index (χ4n) is 1.26. The molecule has 0 bridgehead atoms. The van der Waals surface area contributed by atoms with E-state index in [0.29, 0.717) is 5.41 Å². The zero-order valence-corrected chi connectivity index (χ0v) is 9.62. The zero-order valence-electron chi connectivity index (χ0n) is 8.81. The van der Waals surface area contributed by atoms with E-state index in [4.69, 9.17) is 0 Å². The molecule has 13 heavy (non-hydrogen) atoms. The first-order valence-electron chi connectivity index (χ1n) is 5.06. The lowest BCUT2D eigenvalue weighted by atomic mass is 9.88. The highest BCUT2D eigenvalue weighted by Crippen LogP contribution is 2.26. The third-order valence-corrected chi connectivity index (χ3v) is 3.35. The second kappa shape index (κ2) is 5.06. The molecule has 0 aromatic rings. The number of rotatable bonds is 7. The fourth-order valence-corrected chi connectivity index (χ4v) is 1.93. The third kappa shape index (κ3) is 4.19. The Morgan fingerprint density at radius 3 is 2.77 bits per heavy atom. The predicted molar refractivity (Wildman–Crippen MR) is 62.3 cm³/mol. The molecule has 1 fully saturated rings. The van der Waals surface area contributed by atoms with E-state index < -0.39 is 0 Å². The minimum Gasteiger partial charge on any atom is -0.313 e. The summed E-state index contributed by atoms with van der Waals surface area (Å²) in [5.41, 5.74) is 0.297. The van der Waals surface area contributed by atoms with E-state index in [9.17, 15) is 0 Å². The Hall–Kier alpha value is 0.0500. The van der Waals surface area contributed by atoms with Crippen molar-refractivity contribution < 1.29 is 0 Å². The van der Waals surface area contributed by atoms with Gasteiger partial charge in [-0.2, -0.15) is 11.8 Å². The van der Waals surface area contributed by atoms with Gasteiger partial charge in [-0.15, -0.1) is 6.58 Å². The molecular weight excluding hydrogens is 178 g/mol. The average Bonchev–Trinajstić information content (AvgIpc) is 2.95. The van der Waals surface area contributed by atoms with Gasteiger partial charge in [0, 0.05) is 12.6 Å². The maximum atomic E-state index is 3.93. The standard InChI is InChI=1S/C11H21NS/c1-4-11(2,7-8-13-3)9-12-10-5-6-10/h4,10,12H,1,5-9H2,2-3H3. The fraction of sp³-hybridized carbons (Fsp3) is 0.818. The monoisotopic (exact) mass is 199 g/mol. The van der Waals surface area contributed by atoms with Crippen molar-refractivity contribution in [3.63, 3.8) is 0 Å². The molecule has 0 radical (unpaired) electrons. The SMILES string of the molecule is C=CC(C)(CCSC)CNC1CC1. The largest absolute Gasteiger partial charge is 0.313 e. The van der Waals surface area contributed by atoms with Gasteiger partial charge in [-0.25, -0.2) is 0 Å². The van der Waals surface area contributed by atoms with Crippen LogP contribution in [0.15, 0.2) is 12.7 Å². The molecule has 0 saturated heterocycles. The lowest BCUT2D eigenvalue weighted by Crippen LogP contribution is -2.32. The summed E-state index contributed by atoms with van der Waals surface area (Å²) >= 11 is 1.92. The van der Waals surface area contributed by atoms with E-state index in [-0.39, 0.29) is 0 Å². The Morgan fingerprint density at radius 2 is 2.31 bits per heavy atom. The van der Waals surface area contributed by atoms with Crippen LogP contribution in [-0.2, 0) is 0 Å². The molecule has 0 aromatic heterocycles. The van der Waals surface area contributed by atoms with E-state index in [0.717, 1.165) is 12.6 Å². The summed E-state index contributed by atoms with van der Waals surface area (Å²) in [6.07, 6.45) is 8.25. The predicted octanol–water partition coefficient (Wildman–Crippen LogP) is 2.68. The molecule has 1 aliphatic rings. The first-order chi connectivity index (χ1) is 6.20. The summed E-state index contributed by atoms with van der Waals surface area (Å²) in [5.74, 6) is 1.23. The van der Waals surface area contributed by atoms with E-state index in [1.807, 2.05) is 11.8 Å². The van der Waals surface area contributed by atoms with Crippen molar-refractivity contribution in [3.05, 3.63) is 12.7 Å². The molecule has 1 atom stereocenters. The second-order valence-electron chi connectivity index (χ2n) is 4.26. The van der Waals surface area contributed by atoms with Crippen LogP contribution in [0.2, 0.25) is 0 Å². The van der Waals surface area contributed by atoms with Crippen molar-refractivity contribution >= 4 is 11.8 Å². The van der Waals surface area contributed by atoms with E-state index in [2.05, 4.69) is 31.2 Å². The van der Waals surface area contributed by atoms with Crippen LogP contribution in [0.25, 0.3) is 0 Å². The zero-order chi connectivity index (χ0) is 9.73. The lowest BCUT2D eigenvalue weighted by Gasteiger charge is -2.25. The highest BCUT2D eigenvalue weighted by Gasteiger charge is 2.25. The Bertz CT molecular complexity index is 165. The van der Waals surface area contributed by atoms with Gasteiger partial charge in [0.1, 0.15) is 0 Å². The number of hydrogen-bond donors (Lipinski definition) is 1. The van der Waals surface area contributed by atoms with E-state index in [1.165, 1.54) is 25.0 Å². The summed E-state index contributed by atoms with van der Waals surface area (Å²) in [5, 5.41) is 3.58. The van der Waals surface area contributed by atoms with Gasteiger partial charge in [-0.1, -0.05) is 13.0 Å². The Balaban J connectivity index is 2.23. The minimum atomic E-state index is 0.297. The molecule has 0 spiro atoms. The summed E-state index contributed by atoms with van der Waals surface area (Å²) < 4.78 is 0. The summed E-state index contributed by atoms with van der Waals surface area (Å²) in [6, 6.07) is 0.813. The first kappa shape index (κ1) is 11.1. The van der Waals surface area contributed by atoms with Crippen LogP contribution in [0, 0.1) is 5.41 Å². The van der Waals surface area contributed by atoms with Gasteiger partial charge in [0.15, 0.2) is 0 Å². The van der Waals surface area contributed by atoms with Crippen LogP contribution in [0.1, 0.15) is 26.2 Å². The number of hydrogen-bond acceptors (Lipinski definition) is 2. The maximum absolute atomic E-state index is 3.93.